The molecule has 0 amide bonds. The summed E-state index contributed by atoms with van der Waals surface area (Å²) >= 11 is 0. The predicted octanol–water partition coefficient (Wildman–Crippen LogP) is -0.430. The average molecular weight is 300 g/mol. The first kappa shape index (κ1) is 20.2. The Bertz CT molecular complexity index is 459. The van der Waals surface area contributed by atoms with Gasteiger partial charge < -0.3 is 14.6 Å². The van der Waals surface area contributed by atoms with Crippen molar-refractivity contribution in [3.8, 4) is 0 Å². The molecular weight excluding hydrogens is 279 g/mol. The van der Waals surface area contributed by atoms with E-state index in [4.69, 9.17) is 4.74 Å². The van der Waals surface area contributed by atoms with Crippen LogP contribution in [0.15, 0.2) is 24.3 Å². The molecule has 1 atom stereocenters. The molecular formula is C16H21NaO4. The fraction of sp³-hybridized carbons (Fsp3) is 0.500. The van der Waals surface area contributed by atoms with Gasteiger partial charge in [0.2, 0.25) is 0 Å². The fourth-order valence-corrected chi connectivity index (χ4v) is 2.02. The van der Waals surface area contributed by atoms with Crippen molar-refractivity contribution in [1.29, 1.82) is 0 Å². The number of carboxylic acid groups (broad SMARTS) is 1. The number of unbranched alkanes of at least 4 members (excludes halogenated alkanes) is 2. The van der Waals surface area contributed by atoms with Crippen molar-refractivity contribution in [2.24, 2.45) is 0 Å². The van der Waals surface area contributed by atoms with Crippen LogP contribution in [0.3, 0.4) is 0 Å². The topological polar surface area (TPSA) is 66.4 Å². The van der Waals surface area contributed by atoms with E-state index in [1.165, 1.54) is 12.1 Å². The molecule has 0 N–H and O–H groups in total. The number of benzene rings is 1. The molecule has 0 aliphatic rings. The Morgan fingerprint density at radius 3 is 2.29 bits per heavy atom. The number of hydrogen-bond acceptors (Lipinski definition) is 4. The molecule has 1 unspecified atom stereocenters. The zero-order valence-corrected chi connectivity index (χ0v) is 15.1. The molecule has 1 aromatic rings. The largest absolute Gasteiger partial charge is 1.00 e. The number of carboxylic acids is 1. The number of esters is 1. The van der Waals surface area contributed by atoms with Gasteiger partial charge in [-0.25, -0.2) is 4.79 Å². The van der Waals surface area contributed by atoms with Gasteiger partial charge in [-0.1, -0.05) is 44.9 Å². The van der Waals surface area contributed by atoms with Gasteiger partial charge >= 0.3 is 35.5 Å². The third kappa shape index (κ3) is 6.64. The second kappa shape index (κ2) is 10.8. The minimum absolute atomic E-state index is 0. The van der Waals surface area contributed by atoms with Crippen LogP contribution in [0.4, 0.5) is 0 Å². The van der Waals surface area contributed by atoms with Gasteiger partial charge in [0, 0.05) is 5.56 Å². The van der Waals surface area contributed by atoms with Crippen molar-refractivity contribution in [3.05, 3.63) is 35.4 Å². The molecule has 110 valence electrons. The molecule has 0 aliphatic carbocycles. The summed E-state index contributed by atoms with van der Waals surface area (Å²) in [5.41, 5.74) is -0.0673. The smallest absolute Gasteiger partial charge is 0.545 e. The van der Waals surface area contributed by atoms with Crippen molar-refractivity contribution in [3.63, 3.8) is 0 Å². The zero-order chi connectivity index (χ0) is 15.0. The Labute approximate surface area is 148 Å². The van der Waals surface area contributed by atoms with Gasteiger partial charge in [-0.15, -0.1) is 0 Å². The van der Waals surface area contributed by atoms with E-state index in [-0.39, 0.29) is 46.8 Å². The first-order chi connectivity index (χ1) is 9.60. The van der Waals surface area contributed by atoms with Crippen molar-refractivity contribution in [1.82, 2.24) is 0 Å². The van der Waals surface area contributed by atoms with Crippen molar-refractivity contribution < 1.29 is 49.0 Å². The van der Waals surface area contributed by atoms with Gasteiger partial charge in [0.05, 0.1) is 11.5 Å². The van der Waals surface area contributed by atoms with E-state index in [0.29, 0.717) is 0 Å². The van der Waals surface area contributed by atoms with E-state index < -0.39 is 11.9 Å². The van der Waals surface area contributed by atoms with Gasteiger partial charge in [-0.2, -0.15) is 0 Å². The van der Waals surface area contributed by atoms with E-state index in [0.717, 1.165) is 32.1 Å². The maximum Gasteiger partial charge on any atom is 1.00 e. The standard InChI is InChI=1S/C16H22O4.Na/c1-3-5-6-9-12(4-2)20-16(19)14-11-8-7-10-13(14)15(17)18;/h7-8,10-12H,3-6,9H2,1-2H3,(H,17,18);/q;+1/p-1. The van der Waals surface area contributed by atoms with Crippen LogP contribution < -0.4 is 34.7 Å². The molecule has 5 heteroatoms. The van der Waals surface area contributed by atoms with Crippen molar-refractivity contribution >= 4 is 11.9 Å². The average Bonchev–Trinajstić information content (AvgIpc) is 2.46. The Morgan fingerprint density at radius 2 is 1.76 bits per heavy atom. The molecule has 0 bridgehead atoms. The third-order valence-corrected chi connectivity index (χ3v) is 3.23. The monoisotopic (exact) mass is 300 g/mol. The molecule has 1 aromatic carbocycles. The second-order valence-electron chi connectivity index (χ2n) is 4.76. The van der Waals surface area contributed by atoms with Gasteiger partial charge in [-0.05, 0) is 25.3 Å². The van der Waals surface area contributed by atoms with Crippen LogP contribution in [-0.4, -0.2) is 18.0 Å². The minimum Gasteiger partial charge on any atom is -0.545 e. The third-order valence-electron chi connectivity index (χ3n) is 3.23. The first-order valence-electron chi connectivity index (χ1n) is 7.11. The quantitative estimate of drug-likeness (QED) is 0.371. The molecule has 4 nitrogen and oxygen atoms in total. The number of ether oxygens (including phenoxy) is 1. The fourth-order valence-electron chi connectivity index (χ4n) is 2.02. The van der Waals surface area contributed by atoms with Gasteiger partial charge in [0.25, 0.3) is 0 Å². The molecule has 0 saturated heterocycles. The summed E-state index contributed by atoms with van der Waals surface area (Å²) in [4.78, 5) is 23.0. The van der Waals surface area contributed by atoms with E-state index >= 15 is 0 Å². The van der Waals surface area contributed by atoms with Crippen LogP contribution in [0.25, 0.3) is 0 Å². The molecule has 0 aliphatic heterocycles. The van der Waals surface area contributed by atoms with Gasteiger partial charge in [-0.3, -0.25) is 0 Å². The SMILES string of the molecule is CCCCCC(CC)OC(=O)c1ccccc1C(=O)[O-].[Na+]. The Morgan fingerprint density at radius 1 is 1.14 bits per heavy atom. The summed E-state index contributed by atoms with van der Waals surface area (Å²) in [6.45, 7) is 4.07. The summed E-state index contributed by atoms with van der Waals surface area (Å²) in [5, 5.41) is 11.0. The predicted molar refractivity (Wildman–Crippen MR) is 74.4 cm³/mol. The van der Waals surface area contributed by atoms with Crippen LogP contribution in [0, 0.1) is 0 Å². The van der Waals surface area contributed by atoms with Crippen LogP contribution in [0.1, 0.15) is 66.7 Å². The Balaban J connectivity index is 0.00000400. The van der Waals surface area contributed by atoms with Crippen LogP contribution >= 0.6 is 0 Å². The Kier molecular flexibility index (Phi) is 10.4. The van der Waals surface area contributed by atoms with E-state index in [2.05, 4.69) is 6.92 Å². The molecule has 0 fully saturated rings. The van der Waals surface area contributed by atoms with Crippen LogP contribution in [0.5, 0.6) is 0 Å². The second-order valence-corrected chi connectivity index (χ2v) is 4.76. The number of aromatic carboxylic acids is 1. The first-order valence-corrected chi connectivity index (χ1v) is 7.11. The number of rotatable bonds is 8. The van der Waals surface area contributed by atoms with E-state index in [1.54, 1.807) is 12.1 Å². The number of carbonyl (C=O) groups is 2. The molecule has 1 rings (SSSR count). The minimum atomic E-state index is -1.36. The summed E-state index contributed by atoms with van der Waals surface area (Å²) < 4.78 is 5.39. The normalized spacial score (nSPS) is 11.3. The van der Waals surface area contributed by atoms with Crippen LogP contribution in [0.2, 0.25) is 0 Å². The summed E-state index contributed by atoms with van der Waals surface area (Å²) in [6.07, 6.45) is 4.59. The summed E-state index contributed by atoms with van der Waals surface area (Å²) in [7, 11) is 0. The summed E-state index contributed by atoms with van der Waals surface area (Å²) in [6, 6.07) is 5.97. The molecule has 21 heavy (non-hydrogen) atoms. The molecule has 0 aromatic heterocycles. The van der Waals surface area contributed by atoms with E-state index in [9.17, 15) is 14.7 Å². The van der Waals surface area contributed by atoms with Crippen LogP contribution in [-0.2, 0) is 4.74 Å². The van der Waals surface area contributed by atoms with Gasteiger partial charge in [0.15, 0.2) is 0 Å². The zero-order valence-electron chi connectivity index (χ0n) is 13.1. The molecule has 0 heterocycles. The summed E-state index contributed by atoms with van der Waals surface area (Å²) in [5.74, 6) is -1.95. The molecule has 0 radical (unpaired) electrons. The van der Waals surface area contributed by atoms with Crippen molar-refractivity contribution in [2.75, 3.05) is 0 Å². The number of hydrogen-bond donors (Lipinski definition) is 0. The van der Waals surface area contributed by atoms with Crippen molar-refractivity contribution in [2.45, 2.75) is 52.1 Å². The van der Waals surface area contributed by atoms with E-state index in [1.807, 2.05) is 6.92 Å². The number of carbonyl (C=O) groups excluding carboxylic acids is 2. The maximum absolute atomic E-state index is 12.1. The Hall–Kier alpha value is -0.840. The molecule has 0 saturated carbocycles. The maximum atomic E-state index is 12.1. The van der Waals surface area contributed by atoms with Gasteiger partial charge in [0.1, 0.15) is 6.10 Å². The molecule has 0 spiro atoms.